The highest BCUT2D eigenvalue weighted by atomic mass is 32.2. The van der Waals surface area contributed by atoms with Crippen molar-refractivity contribution >= 4 is 46.1 Å². The number of rotatable bonds is 6. The number of carboxylic acid groups (broad SMARTS) is 1. The zero-order valence-corrected chi connectivity index (χ0v) is 15.5. The Morgan fingerprint density at radius 2 is 2.04 bits per heavy atom. The number of furan rings is 1. The number of thioether (sulfide) groups is 1. The lowest BCUT2D eigenvalue weighted by atomic mass is 10.2. The first kappa shape index (κ1) is 19.4. The molecule has 144 valence electrons. The highest BCUT2D eigenvalue weighted by molar-refractivity contribution is 8.15. The van der Waals surface area contributed by atoms with Crippen LogP contribution in [0.5, 0.6) is 0 Å². The van der Waals surface area contributed by atoms with Gasteiger partial charge < -0.3 is 20.2 Å². The van der Waals surface area contributed by atoms with Crippen LogP contribution in [0.2, 0.25) is 0 Å². The molecule has 1 aromatic heterocycles. The van der Waals surface area contributed by atoms with Crippen LogP contribution in [-0.2, 0) is 9.59 Å². The van der Waals surface area contributed by atoms with Gasteiger partial charge in [0.05, 0.1) is 11.8 Å². The van der Waals surface area contributed by atoms with Gasteiger partial charge in [-0.1, -0.05) is 11.8 Å². The normalized spacial score (nSPS) is 18.2. The van der Waals surface area contributed by atoms with E-state index in [4.69, 9.17) is 9.52 Å². The summed E-state index contributed by atoms with van der Waals surface area (Å²) in [6.07, 6.45) is 1.47. The maximum atomic E-state index is 12.2. The van der Waals surface area contributed by atoms with Gasteiger partial charge in [0.25, 0.3) is 0 Å². The van der Waals surface area contributed by atoms with Gasteiger partial charge in [-0.15, -0.1) is 10.2 Å². The van der Waals surface area contributed by atoms with E-state index in [0.29, 0.717) is 22.3 Å². The number of carbonyl (C=O) groups is 3. The topological polar surface area (TPSA) is 133 Å². The summed E-state index contributed by atoms with van der Waals surface area (Å²) in [5, 5.41) is 21.8. The first-order valence-electron chi connectivity index (χ1n) is 8.19. The van der Waals surface area contributed by atoms with Crippen LogP contribution >= 0.6 is 11.8 Å². The predicted molar refractivity (Wildman–Crippen MR) is 105 cm³/mol. The molecule has 0 saturated carbocycles. The van der Waals surface area contributed by atoms with Crippen LogP contribution in [0, 0.1) is 0 Å². The van der Waals surface area contributed by atoms with Gasteiger partial charge in [-0.25, -0.2) is 4.79 Å². The lowest BCUT2D eigenvalue weighted by Crippen LogP contribution is -2.28. The third-order valence-electron chi connectivity index (χ3n) is 3.73. The number of benzene rings is 1. The summed E-state index contributed by atoms with van der Waals surface area (Å²) in [5.41, 5.74) is 1.12. The van der Waals surface area contributed by atoms with E-state index in [1.807, 2.05) is 0 Å². The summed E-state index contributed by atoms with van der Waals surface area (Å²) in [6, 6.07) is 9.23. The number of carbonyl (C=O) groups excluding carboxylic acids is 2. The monoisotopic (exact) mass is 400 g/mol. The first-order valence-corrected chi connectivity index (χ1v) is 9.07. The Hall–Kier alpha value is -3.40. The van der Waals surface area contributed by atoms with Gasteiger partial charge in [0, 0.05) is 12.1 Å². The lowest BCUT2D eigenvalue weighted by Gasteiger charge is -2.07. The molecule has 0 bridgehead atoms. The quantitative estimate of drug-likeness (QED) is 0.503. The molecule has 2 heterocycles. The van der Waals surface area contributed by atoms with E-state index in [1.54, 1.807) is 19.1 Å². The number of carboxylic acids is 1. The summed E-state index contributed by atoms with van der Waals surface area (Å²) in [4.78, 5) is 35.0. The molecule has 1 aliphatic rings. The van der Waals surface area contributed by atoms with Crippen molar-refractivity contribution in [2.75, 3.05) is 5.32 Å². The maximum Gasteiger partial charge on any atom is 0.335 e. The van der Waals surface area contributed by atoms with Gasteiger partial charge in [-0.2, -0.15) is 0 Å². The average molecular weight is 400 g/mol. The Balaban J connectivity index is 1.56. The largest absolute Gasteiger partial charge is 0.478 e. The Morgan fingerprint density at radius 3 is 2.68 bits per heavy atom. The minimum Gasteiger partial charge on any atom is -0.478 e. The van der Waals surface area contributed by atoms with Gasteiger partial charge in [0.1, 0.15) is 16.7 Å². The molecule has 1 aromatic carbocycles. The molecule has 0 spiro atoms. The molecule has 0 radical (unpaired) electrons. The standard InChI is InChI=1S/C18H16N4O5S/c1-10(13-3-2-8-27-13)21-22-18-20-16(24)14(28-18)9-15(23)19-12-6-4-11(5-7-12)17(25)26/h2-8,14H,9H2,1H3,(H,19,23)(H,25,26)(H,20,22,24)/b21-10+/t14-/m0/s1. The maximum absolute atomic E-state index is 12.2. The number of nitrogens with zero attached hydrogens (tertiary/aromatic N) is 2. The van der Waals surface area contributed by atoms with Crippen molar-refractivity contribution in [3.05, 3.63) is 54.0 Å². The zero-order valence-electron chi connectivity index (χ0n) is 14.7. The predicted octanol–water partition coefficient (Wildman–Crippen LogP) is 2.32. The van der Waals surface area contributed by atoms with Crippen molar-refractivity contribution in [3.8, 4) is 0 Å². The molecule has 10 heteroatoms. The van der Waals surface area contributed by atoms with Crippen LogP contribution in [-0.4, -0.2) is 39.0 Å². The summed E-state index contributed by atoms with van der Waals surface area (Å²) in [7, 11) is 0. The Morgan fingerprint density at radius 1 is 1.29 bits per heavy atom. The molecule has 28 heavy (non-hydrogen) atoms. The number of aromatic carboxylic acids is 1. The van der Waals surface area contributed by atoms with Crippen LogP contribution in [0.1, 0.15) is 29.5 Å². The van der Waals surface area contributed by atoms with Crippen LogP contribution < -0.4 is 10.6 Å². The van der Waals surface area contributed by atoms with Crippen LogP contribution in [0.3, 0.4) is 0 Å². The van der Waals surface area contributed by atoms with E-state index in [2.05, 4.69) is 20.8 Å². The molecule has 1 fully saturated rings. The van der Waals surface area contributed by atoms with Crippen molar-refractivity contribution in [1.29, 1.82) is 0 Å². The molecule has 2 aromatic rings. The van der Waals surface area contributed by atoms with Crippen molar-refractivity contribution in [2.45, 2.75) is 18.6 Å². The second-order valence-electron chi connectivity index (χ2n) is 5.80. The number of amides is 2. The molecule has 0 unspecified atom stereocenters. The molecule has 0 aliphatic carbocycles. The third kappa shape index (κ3) is 4.86. The van der Waals surface area contributed by atoms with Crippen LogP contribution in [0.15, 0.2) is 57.3 Å². The number of amidine groups is 1. The molecule has 3 N–H and O–H groups in total. The van der Waals surface area contributed by atoms with Gasteiger partial charge in [0.2, 0.25) is 11.8 Å². The summed E-state index contributed by atoms with van der Waals surface area (Å²) >= 11 is 1.12. The minimum absolute atomic E-state index is 0.0585. The van der Waals surface area contributed by atoms with Gasteiger partial charge in [-0.3, -0.25) is 9.59 Å². The molecule has 1 aliphatic heterocycles. The second kappa shape index (κ2) is 8.53. The first-order chi connectivity index (χ1) is 13.4. The summed E-state index contributed by atoms with van der Waals surface area (Å²) in [5.74, 6) is -1.17. The van der Waals surface area contributed by atoms with E-state index in [9.17, 15) is 14.4 Å². The van der Waals surface area contributed by atoms with Gasteiger partial charge in [-0.05, 0) is 43.3 Å². The van der Waals surface area contributed by atoms with E-state index < -0.39 is 11.2 Å². The molecule has 1 saturated heterocycles. The van der Waals surface area contributed by atoms with E-state index in [-0.39, 0.29) is 23.8 Å². The van der Waals surface area contributed by atoms with Crippen molar-refractivity contribution < 1.29 is 23.9 Å². The molecular weight excluding hydrogens is 384 g/mol. The lowest BCUT2D eigenvalue weighted by molar-refractivity contribution is -0.122. The second-order valence-corrected chi connectivity index (χ2v) is 6.99. The number of anilines is 1. The fourth-order valence-corrected chi connectivity index (χ4v) is 3.23. The van der Waals surface area contributed by atoms with E-state index in [0.717, 1.165) is 11.8 Å². The molecule has 1 atom stereocenters. The Labute approximate surface area is 163 Å². The zero-order chi connectivity index (χ0) is 20.1. The Bertz CT molecular complexity index is 951. The summed E-state index contributed by atoms with van der Waals surface area (Å²) in [6.45, 7) is 1.73. The molecule has 3 rings (SSSR count). The average Bonchev–Trinajstić information content (AvgIpc) is 3.31. The van der Waals surface area contributed by atoms with Crippen LogP contribution in [0.4, 0.5) is 5.69 Å². The molecule has 2 amide bonds. The Kier molecular flexibility index (Phi) is 5.90. The van der Waals surface area contributed by atoms with Crippen molar-refractivity contribution in [2.24, 2.45) is 10.2 Å². The van der Waals surface area contributed by atoms with E-state index in [1.165, 1.54) is 30.5 Å². The smallest absolute Gasteiger partial charge is 0.335 e. The highest BCUT2D eigenvalue weighted by Gasteiger charge is 2.32. The minimum atomic E-state index is -1.05. The molecular formula is C18H16N4O5S. The van der Waals surface area contributed by atoms with Gasteiger partial charge in [0.15, 0.2) is 5.17 Å². The van der Waals surface area contributed by atoms with Gasteiger partial charge >= 0.3 is 5.97 Å². The van der Waals surface area contributed by atoms with Crippen molar-refractivity contribution in [1.82, 2.24) is 5.32 Å². The number of hydrogen-bond donors (Lipinski definition) is 3. The number of hydrogen-bond acceptors (Lipinski definition) is 7. The SMILES string of the molecule is C/C(=N\N=C1NC(=O)[C@H](CC(=O)Nc2ccc(C(=O)O)cc2)S1)c1ccco1. The third-order valence-corrected chi connectivity index (χ3v) is 4.80. The van der Waals surface area contributed by atoms with E-state index >= 15 is 0 Å². The number of nitrogens with one attached hydrogen (secondary N) is 2. The fourth-order valence-electron chi connectivity index (χ4n) is 2.32. The molecule has 9 nitrogen and oxygen atoms in total. The summed E-state index contributed by atoms with van der Waals surface area (Å²) < 4.78 is 5.20. The fraction of sp³-hybridized carbons (Fsp3) is 0.167. The van der Waals surface area contributed by atoms with Crippen molar-refractivity contribution in [3.63, 3.8) is 0 Å². The highest BCUT2D eigenvalue weighted by Crippen LogP contribution is 2.23. The van der Waals surface area contributed by atoms with Crippen LogP contribution in [0.25, 0.3) is 0 Å².